The molecule has 0 radical (unpaired) electrons. The monoisotopic (exact) mass is 323 g/mol. The molecule has 1 N–H and O–H groups in total. The molecule has 0 saturated heterocycles. The number of hydrogen-bond donors (Lipinski definition) is 1. The Hall–Kier alpha value is -2.49. The Labute approximate surface area is 141 Å². The van der Waals surface area contributed by atoms with Gasteiger partial charge < -0.3 is 14.8 Å². The fraction of sp³-hybridized carbons (Fsp3) is 0.350. The zero-order valence-corrected chi connectivity index (χ0v) is 13.6. The van der Waals surface area contributed by atoms with Crippen molar-refractivity contribution in [3.63, 3.8) is 0 Å². The molecule has 1 heterocycles. The highest BCUT2D eigenvalue weighted by Crippen LogP contribution is 2.31. The van der Waals surface area contributed by atoms with Gasteiger partial charge in [-0.15, -0.1) is 0 Å². The average Bonchev–Trinajstić information content (AvgIpc) is 3.08. The maximum absolute atomic E-state index is 12.3. The van der Waals surface area contributed by atoms with Crippen molar-refractivity contribution in [2.45, 2.75) is 31.7 Å². The summed E-state index contributed by atoms with van der Waals surface area (Å²) < 4.78 is 11.3. The molecular formula is C20H21NO3. The van der Waals surface area contributed by atoms with E-state index in [9.17, 15) is 4.79 Å². The van der Waals surface area contributed by atoms with Crippen LogP contribution in [0.3, 0.4) is 0 Å². The quantitative estimate of drug-likeness (QED) is 0.940. The van der Waals surface area contributed by atoms with Crippen molar-refractivity contribution in [2.75, 3.05) is 13.2 Å². The first kappa shape index (κ1) is 15.1. The number of para-hydroxylation sites is 1. The number of nitrogens with one attached hydrogen (secondary N) is 1. The summed E-state index contributed by atoms with van der Waals surface area (Å²) in [5, 5.41) is 3.05. The van der Waals surface area contributed by atoms with Gasteiger partial charge in [-0.2, -0.15) is 0 Å². The van der Waals surface area contributed by atoms with Gasteiger partial charge in [-0.3, -0.25) is 4.79 Å². The summed E-state index contributed by atoms with van der Waals surface area (Å²) in [6.45, 7) is 0.659. The Balaban J connectivity index is 1.36. The Kier molecular flexibility index (Phi) is 4.11. The predicted octanol–water partition coefficient (Wildman–Crippen LogP) is 3.19. The first-order valence-electron chi connectivity index (χ1n) is 8.55. The molecule has 0 aromatic heterocycles. The maximum atomic E-state index is 12.3. The van der Waals surface area contributed by atoms with Crippen LogP contribution in [0.2, 0.25) is 0 Å². The minimum Gasteiger partial charge on any atom is -0.493 e. The van der Waals surface area contributed by atoms with Gasteiger partial charge in [0, 0.05) is 12.0 Å². The van der Waals surface area contributed by atoms with E-state index in [1.54, 1.807) is 0 Å². The van der Waals surface area contributed by atoms with E-state index < -0.39 is 0 Å². The predicted molar refractivity (Wildman–Crippen MR) is 91.4 cm³/mol. The van der Waals surface area contributed by atoms with Crippen LogP contribution in [0.1, 0.15) is 35.6 Å². The third-order valence-electron chi connectivity index (χ3n) is 4.73. The van der Waals surface area contributed by atoms with Gasteiger partial charge in [-0.1, -0.05) is 24.3 Å². The van der Waals surface area contributed by atoms with Crippen LogP contribution in [0.5, 0.6) is 11.5 Å². The molecule has 4 heteroatoms. The van der Waals surface area contributed by atoms with Gasteiger partial charge in [-0.05, 0) is 48.6 Å². The van der Waals surface area contributed by atoms with E-state index in [2.05, 4.69) is 17.4 Å². The summed E-state index contributed by atoms with van der Waals surface area (Å²) in [7, 11) is 0. The van der Waals surface area contributed by atoms with Gasteiger partial charge in [0.2, 0.25) is 0 Å². The molecule has 1 atom stereocenters. The van der Waals surface area contributed by atoms with Crippen molar-refractivity contribution >= 4 is 5.91 Å². The lowest BCUT2D eigenvalue weighted by molar-refractivity contribution is -0.124. The second-order valence-electron chi connectivity index (χ2n) is 6.37. The molecule has 2 aromatic carbocycles. The van der Waals surface area contributed by atoms with Crippen LogP contribution in [-0.2, 0) is 17.6 Å². The van der Waals surface area contributed by atoms with Gasteiger partial charge in [-0.25, -0.2) is 0 Å². The van der Waals surface area contributed by atoms with Gasteiger partial charge in [0.1, 0.15) is 11.5 Å². The van der Waals surface area contributed by atoms with Crippen LogP contribution < -0.4 is 14.8 Å². The van der Waals surface area contributed by atoms with E-state index in [4.69, 9.17) is 9.47 Å². The molecule has 2 aliphatic rings. The Morgan fingerprint density at radius 1 is 1.17 bits per heavy atom. The van der Waals surface area contributed by atoms with E-state index in [1.165, 1.54) is 17.5 Å². The summed E-state index contributed by atoms with van der Waals surface area (Å²) >= 11 is 0. The number of carbonyl (C=O) groups is 1. The summed E-state index contributed by atoms with van der Waals surface area (Å²) in [5.74, 6) is 1.53. The lowest BCUT2D eigenvalue weighted by atomic mass is 10.0. The van der Waals surface area contributed by atoms with Crippen LogP contribution in [-0.4, -0.2) is 19.1 Å². The first-order chi connectivity index (χ1) is 11.8. The van der Waals surface area contributed by atoms with Crippen LogP contribution in [0.25, 0.3) is 0 Å². The maximum Gasteiger partial charge on any atom is 0.258 e. The molecular weight excluding hydrogens is 302 g/mol. The van der Waals surface area contributed by atoms with E-state index >= 15 is 0 Å². The third-order valence-corrected chi connectivity index (χ3v) is 4.73. The number of carbonyl (C=O) groups excluding carboxylic acids is 1. The number of fused-ring (bicyclic) bond motifs is 2. The molecule has 1 aliphatic carbocycles. The average molecular weight is 323 g/mol. The molecule has 2 aromatic rings. The number of hydrogen-bond acceptors (Lipinski definition) is 3. The van der Waals surface area contributed by atoms with Crippen molar-refractivity contribution in [3.8, 4) is 11.5 Å². The number of rotatable bonds is 4. The number of benzene rings is 2. The largest absolute Gasteiger partial charge is 0.493 e. The van der Waals surface area contributed by atoms with Crippen molar-refractivity contribution in [3.05, 3.63) is 59.2 Å². The van der Waals surface area contributed by atoms with Crippen LogP contribution in [0, 0.1) is 0 Å². The minimum absolute atomic E-state index is 0.00827. The molecule has 0 fully saturated rings. The highest BCUT2D eigenvalue weighted by Gasteiger charge is 2.22. The molecule has 4 rings (SSSR count). The zero-order valence-electron chi connectivity index (χ0n) is 13.6. The van der Waals surface area contributed by atoms with Crippen molar-refractivity contribution in [1.82, 2.24) is 5.32 Å². The fourth-order valence-electron chi connectivity index (χ4n) is 3.51. The van der Waals surface area contributed by atoms with Gasteiger partial charge in [0.25, 0.3) is 5.91 Å². The Bertz CT molecular complexity index is 756. The molecule has 1 unspecified atom stereocenters. The summed E-state index contributed by atoms with van der Waals surface area (Å²) in [5.41, 5.74) is 3.80. The second-order valence-corrected chi connectivity index (χ2v) is 6.37. The number of amides is 1. The molecule has 4 nitrogen and oxygen atoms in total. The normalized spacial score (nSPS) is 18.2. The SMILES string of the molecule is O=C(COc1ccc2c(c1)CCC2)NC1CCOc2ccccc21. The van der Waals surface area contributed by atoms with Crippen molar-refractivity contribution in [1.29, 1.82) is 0 Å². The van der Waals surface area contributed by atoms with Crippen LogP contribution in [0.15, 0.2) is 42.5 Å². The minimum atomic E-state index is -0.0998. The van der Waals surface area contributed by atoms with Crippen LogP contribution >= 0.6 is 0 Å². The summed E-state index contributed by atoms with van der Waals surface area (Å²) in [6, 6.07) is 14.0. The first-order valence-corrected chi connectivity index (χ1v) is 8.55. The molecule has 0 bridgehead atoms. The lowest BCUT2D eigenvalue weighted by Crippen LogP contribution is -2.35. The molecule has 0 saturated carbocycles. The second kappa shape index (κ2) is 6.56. The van der Waals surface area contributed by atoms with Crippen molar-refractivity contribution < 1.29 is 14.3 Å². The molecule has 124 valence electrons. The Morgan fingerprint density at radius 2 is 2.04 bits per heavy atom. The highest BCUT2D eigenvalue weighted by atomic mass is 16.5. The summed E-state index contributed by atoms with van der Waals surface area (Å²) in [4.78, 5) is 12.3. The zero-order chi connectivity index (χ0) is 16.4. The summed E-state index contributed by atoms with van der Waals surface area (Å²) in [6.07, 6.45) is 4.25. The van der Waals surface area contributed by atoms with Gasteiger partial charge in [0.15, 0.2) is 6.61 Å². The topological polar surface area (TPSA) is 47.6 Å². The van der Waals surface area contributed by atoms with E-state index in [0.717, 1.165) is 36.3 Å². The van der Waals surface area contributed by atoms with Crippen LogP contribution in [0.4, 0.5) is 0 Å². The smallest absolute Gasteiger partial charge is 0.258 e. The number of ether oxygens (including phenoxy) is 2. The molecule has 1 aliphatic heterocycles. The fourth-order valence-corrected chi connectivity index (χ4v) is 3.51. The standard InChI is InChI=1S/C20H21NO3/c22-20(13-24-16-9-8-14-4-3-5-15(14)12-16)21-18-10-11-23-19-7-2-1-6-17(18)19/h1-2,6-9,12,18H,3-5,10-11,13H2,(H,21,22). The van der Waals surface area contributed by atoms with Gasteiger partial charge >= 0.3 is 0 Å². The molecule has 1 amide bonds. The van der Waals surface area contributed by atoms with E-state index in [0.29, 0.717) is 6.61 Å². The van der Waals surface area contributed by atoms with E-state index in [-0.39, 0.29) is 18.6 Å². The third kappa shape index (κ3) is 3.09. The van der Waals surface area contributed by atoms with Crippen molar-refractivity contribution in [2.24, 2.45) is 0 Å². The highest BCUT2D eigenvalue weighted by molar-refractivity contribution is 5.78. The molecule has 24 heavy (non-hydrogen) atoms. The van der Waals surface area contributed by atoms with Gasteiger partial charge in [0.05, 0.1) is 12.6 Å². The molecule has 0 spiro atoms. The van der Waals surface area contributed by atoms with E-state index in [1.807, 2.05) is 30.3 Å². The Morgan fingerprint density at radius 3 is 3.00 bits per heavy atom. The lowest BCUT2D eigenvalue weighted by Gasteiger charge is -2.26. The number of aryl methyl sites for hydroxylation is 2.